The molecule has 0 amide bonds. The number of rotatable bonds is 8. The molecule has 3 heterocycles. The number of nitrogens with zero attached hydrogens (tertiary/aromatic N) is 3. The van der Waals surface area contributed by atoms with Gasteiger partial charge in [0.15, 0.2) is 26.5 Å². The minimum atomic E-state index is -3.67. The van der Waals surface area contributed by atoms with Crippen molar-refractivity contribution < 1.29 is 13.2 Å². The van der Waals surface area contributed by atoms with Crippen LogP contribution in [0.25, 0.3) is 0 Å². The molecule has 0 spiro atoms. The molecule has 0 aliphatic carbocycles. The topological polar surface area (TPSA) is 134 Å². The van der Waals surface area contributed by atoms with Crippen molar-refractivity contribution in [2.45, 2.75) is 49.7 Å². The monoisotopic (exact) mass is 527 g/mol. The molecular formula is C26H37N7O3S. The molecule has 10 nitrogen and oxygen atoms in total. The number of aromatic nitrogens is 1. The Morgan fingerprint density at radius 2 is 2.03 bits per heavy atom. The van der Waals surface area contributed by atoms with E-state index in [4.69, 9.17) is 15.5 Å². The first-order valence-electron chi connectivity index (χ1n) is 12.5. The van der Waals surface area contributed by atoms with E-state index in [1.54, 1.807) is 45.4 Å². The fourth-order valence-corrected chi connectivity index (χ4v) is 5.83. The van der Waals surface area contributed by atoms with Crippen molar-refractivity contribution in [3.63, 3.8) is 0 Å². The lowest BCUT2D eigenvalue weighted by molar-refractivity contribution is 0.386. The Bertz CT molecular complexity index is 1290. The van der Waals surface area contributed by atoms with Crippen molar-refractivity contribution in [2.75, 3.05) is 37.0 Å². The lowest BCUT2D eigenvalue weighted by Gasteiger charge is -2.41. The lowest BCUT2D eigenvalue weighted by atomic mass is 9.95. The van der Waals surface area contributed by atoms with Gasteiger partial charge in [-0.3, -0.25) is 0 Å². The molecule has 2 aromatic rings. The Balaban J connectivity index is 1.82. The van der Waals surface area contributed by atoms with Crippen LogP contribution in [0.5, 0.6) is 5.75 Å². The van der Waals surface area contributed by atoms with Crippen molar-refractivity contribution in [1.82, 2.24) is 15.6 Å². The van der Waals surface area contributed by atoms with Crippen LogP contribution in [0.15, 0.2) is 58.8 Å². The first-order valence-corrected chi connectivity index (χ1v) is 14.1. The summed E-state index contributed by atoms with van der Waals surface area (Å²) < 4.78 is 32.1. The van der Waals surface area contributed by atoms with Crippen LogP contribution < -0.4 is 31.3 Å². The molecule has 0 bridgehead atoms. The number of methoxy groups -OCH3 is 1. The molecule has 1 aromatic carbocycles. The van der Waals surface area contributed by atoms with Crippen LogP contribution >= 0.6 is 0 Å². The molecule has 1 fully saturated rings. The number of guanidine groups is 1. The smallest absolute Gasteiger partial charge is 0.200 e. The zero-order valence-electron chi connectivity index (χ0n) is 22.0. The Kier molecular flexibility index (Phi) is 7.65. The van der Waals surface area contributed by atoms with Gasteiger partial charge in [0.2, 0.25) is 0 Å². The molecule has 5 N–H and O–H groups in total. The number of aliphatic imine (C=N–C) groups is 1. The van der Waals surface area contributed by atoms with Gasteiger partial charge in [-0.15, -0.1) is 0 Å². The number of anilines is 2. The van der Waals surface area contributed by atoms with E-state index in [9.17, 15) is 8.42 Å². The second-order valence-electron chi connectivity index (χ2n) is 9.91. The van der Waals surface area contributed by atoms with Crippen molar-refractivity contribution in [2.24, 2.45) is 16.6 Å². The molecule has 1 saturated heterocycles. The number of benzene rings is 1. The number of pyridine rings is 1. The largest absolute Gasteiger partial charge is 0.496 e. The van der Waals surface area contributed by atoms with Gasteiger partial charge >= 0.3 is 0 Å². The summed E-state index contributed by atoms with van der Waals surface area (Å²) in [7, 11) is -2.05. The quantitative estimate of drug-likeness (QED) is 0.408. The maximum atomic E-state index is 13.1. The molecule has 0 radical (unpaired) electrons. The summed E-state index contributed by atoms with van der Waals surface area (Å²) in [4.78, 5) is 11.3. The van der Waals surface area contributed by atoms with Gasteiger partial charge in [-0.2, -0.15) is 0 Å². The minimum absolute atomic E-state index is 0.0405. The van der Waals surface area contributed by atoms with Gasteiger partial charge in [-0.05, 0) is 50.1 Å². The van der Waals surface area contributed by atoms with Gasteiger partial charge in [0.1, 0.15) is 5.75 Å². The molecule has 1 aromatic heterocycles. The number of hydrogen-bond acceptors (Lipinski definition) is 10. The van der Waals surface area contributed by atoms with Crippen molar-refractivity contribution >= 4 is 27.2 Å². The molecule has 2 unspecified atom stereocenters. The fraction of sp³-hybridized carbons (Fsp3) is 0.462. The van der Waals surface area contributed by atoms with Crippen LogP contribution in [0.3, 0.4) is 0 Å². The van der Waals surface area contributed by atoms with E-state index >= 15 is 0 Å². The van der Waals surface area contributed by atoms with Crippen LogP contribution in [-0.2, 0) is 15.5 Å². The lowest BCUT2D eigenvalue weighted by Crippen LogP contribution is -2.53. The number of hydrogen-bond donors (Lipinski definition) is 4. The third kappa shape index (κ3) is 5.24. The van der Waals surface area contributed by atoms with E-state index < -0.39 is 20.8 Å². The summed E-state index contributed by atoms with van der Waals surface area (Å²) in [5.41, 5.74) is 6.95. The first-order chi connectivity index (χ1) is 17.6. The molecule has 2 atom stereocenters. The second-order valence-corrected chi connectivity index (χ2v) is 12.3. The third-order valence-corrected chi connectivity index (χ3v) is 8.92. The Hall–Kier alpha value is -3.31. The highest BCUT2D eigenvalue weighted by molar-refractivity contribution is 7.92. The van der Waals surface area contributed by atoms with Gasteiger partial charge in [-0.1, -0.05) is 13.8 Å². The summed E-state index contributed by atoms with van der Waals surface area (Å²) in [5, 5.41) is 9.03. The van der Waals surface area contributed by atoms with Crippen LogP contribution in [-0.4, -0.2) is 57.4 Å². The molecule has 200 valence electrons. The first kappa shape index (κ1) is 26.7. The number of sulfone groups is 1. The minimum Gasteiger partial charge on any atom is -0.496 e. The molecule has 4 rings (SSSR count). The van der Waals surface area contributed by atoms with Crippen molar-refractivity contribution in [3.05, 3.63) is 54.4 Å². The molecule has 11 heteroatoms. The average Bonchev–Trinajstić information content (AvgIpc) is 2.88. The Morgan fingerprint density at radius 1 is 1.24 bits per heavy atom. The highest BCUT2D eigenvalue weighted by atomic mass is 32.2. The van der Waals surface area contributed by atoms with E-state index in [1.807, 2.05) is 12.1 Å². The van der Waals surface area contributed by atoms with Crippen molar-refractivity contribution in [1.29, 1.82) is 0 Å². The standard InChI is InChI=1S/C26H37N7O3S/c1-17(2)22-16-28-13-14-33(22)19-8-9-20(23(15-19)36-5)26(10-12-30-25(27)32-26)31-21-7-6-11-29-24(21)37(34,35)18(3)4/h6-12,15,17-18,22,28,31H,13-14,16H2,1-5H3,(H3,27,30,32). The van der Waals surface area contributed by atoms with Crippen LogP contribution in [0, 0.1) is 5.92 Å². The second kappa shape index (κ2) is 10.6. The van der Waals surface area contributed by atoms with Crippen LogP contribution in [0.4, 0.5) is 11.4 Å². The summed E-state index contributed by atoms with van der Waals surface area (Å²) in [6, 6.07) is 9.74. The fourth-order valence-electron chi connectivity index (χ4n) is 4.75. The average molecular weight is 528 g/mol. The van der Waals surface area contributed by atoms with E-state index in [2.05, 4.69) is 45.7 Å². The molecule has 2 aliphatic heterocycles. The molecular weight excluding hydrogens is 490 g/mol. The normalized spacial score (nSPS) is 22.1. The van der Waals surface area contributed by atoms with Crippen molar-refractivity contribution in [3.8, 4) is 5.75 Å². The van der Waals surface area contributed by atoms with E-state index in [-0.39, 0.29) is 11.0 Å². The van der Waals surface area contributed by atoms with Gasteiger partial charge < -0.3 is 31.3 Å². The highest BCUT2D eigenvalue weighted by Gasteiger charge is 2.37. The molecule has 2 aliphatic rings. The predicted molar refractivity (Wildman–Crippen MR) is 148 cm³/mol. The van der Waals surface area contributed by atoms with Crippen LogP contribution in [0.2, 0.25) is 0 Å². The third-order valence-electron chi connectivity index (χ3n) is 6.82. The Morgan fingerprint density at radius 3 is 2.70 bits per heavy atom. The highest BCUT2D eigenvalue weighted by Crippen LogP contribution is 2.40. The summed E-state index contributed by atoms with van der Waals surface area (Å²) >= 11 is 0. The van der Waals surface area contributed by atoms with Gasteiger partial charge in [0, 0.05) is 55.4 Å². The van der Waals surface area contributed by atoms with E-state index in [0.717, 1.165) is 25.3 Å². The zero-order valence-corrected chi connectivity index (χ0v) is 22.8. The zero-order chi connectivity index (χ0) is 26.8. The summed E-state index contributed by atoms with van der Waals surface area (Å²) in [5.74, 6) is 1.25. The number of nitrogens with two attached hydrogens (primary N) is 1. The number of nitrogens with one attached hydrogen (secondary N) is 3. The van der Waals surface area contributed by atoms with E-state index in [1.165, 1.54) is 6.20 Å². The molecule has 0 saturated carbocycles. The predicted octanol–water partition coefficient (Wildman–Crippen LogP) is 2.40. The van der Waals surface area contributed by atoms with E-state index in [0.29, 0.717) is 29.0 Å². The Labute approximate surface area is 219 Å². The van der Waals surface area contributed by atoms with Gasteiger partial charge in [0.05, 0.1) is 18.0 Å². The summed E-state index contributed by atoms with van der Waals surface area (Å²) in [6.07, 6.45) is 4.94. The number of ether oxygens (including phenoxy) is 1. The maximum absolute atomic E-state index is 13.1. The van der Waals surface area contributed by atoms with Crippen LogP contribution in [0.1, 0.15) is 33.3 Å². The summed E-state index contributed by atoms with van der Waals surface area (Å²) in [6.45, 7) is 10.4. The molecule has 37 heavy (non-hydrogen) atoms. The SMILES string of the molecule is COc1cc(N2CCNCC2C(C)C)ccc1C1(Nc2cccnc2S(=O)(=O)C(C)C)C=CNC(N)=N1. The number of piperazine rings is 1. The van der Waals surface area contributed by atoms with Gasteiger partial charge in [0.25, 0.3) is 0 Å². The van der Waals surface area contributed by atoms with Gasteiger partial charge in [-0.25, -0.2) is 18.4 Å². The maximum Gasteiger partial charge on any atom is 0.200 e.